The second-order valence-corrected chi connectivity index (χ2v) is 2.28. The van der Waals surface area contributed by atoms with Gasteiger partial charge in [-0.15, -0.1) is 0 Å². The largest absolute Gasteiger partial charge is 0.417 e. The number of ketones is 1. The number of alkyl halides is 3. The molecular formula is C8H4F3NO. The lowest BCUT2D eigenvalue weighted by Gasteiger charge is -2.08. The number of nitrogens with zero attached hydrogens (tertiary/aromatic N) is 1. The molecule has 1 aromatic rings. The fourth-order valence-electron chi connectivity index (χ4n) is 0.838. The molecule has 2 radical (unpaired) electrons. The van der Waals surface area contributed by atoms with Crippen LogP contribution in [0.4, 0.5) is 13.2 Å². The molecule has 0 saturated heterocycles. The number of hydrogen-bond donors (Lipinski definition) is 0. The molecule has 1 aromatic heterocycles. The Balaban J connectivity index is 3.28. The molecule has 5 heteroatoms. The minimum Gasteiger partial charge on any atom is -0.294 e. The van der Waals surface area contributed by atoms with Gasteiger partial charge >= 0.3 is 6.18 Å². The molecule has 0 saturated carbocycles. The summed E-state index contributed by atoms with van der Waals surface area (Å²) in [6.45, 7) is 4.73. The molecule has 0 unspecified atom stereocenters. The monoisotopic (exact) mass is 187 g/mol. The number of pyridine rings is 1. The molecule has 13 heavy (non-hydrogen) atoms. The quantitative estimate of drug-likeness (QED) is 0.629. The van der Waals surface area contributed by atoms with Crippen LogP contribution < -0.4 is 0 Å². The van der Waals surface area contributed by atoms with Gasteiger partial charge in [-0.25, -0.2) is 0 Å². The third kappa shape index (κ3) is 2.05. The third-order valence-corrected chi connectivity index (χ3v) is 1.39. The Bertz CT molecular complexity index is 332. The van der Waals surface area contributed by atoms with E-state index in [-0.39, 0.29) is 0 Å². The SMILES string of the molecule is [CH]C(=O)c1cnccc1C(F)(F)F. The fraction of sp³-hybridized carbons (Fsp3) is 0.125. The number of hydrogen-bond acceptors (Lipinski definition) is 2. The van der Waals surface area contributed by atoms with E-state index in [9.17, 15) is 18.0 Å². The van der Waals surface area contributed by atoms with E-state index in [1.54, 1.807) is 0 Å². The average Bonchev–Trinajstić information content (AvgIpc) is 2.03. The predicted molar refractivity (Wildman–Crippen MR) is 37.9 cm³/mol. The first-order valence-corrected chi connectivity index (χ1v) is 3.24. The van der Waals surface area contributed by atoms with Gasteiger partial charge in [-0.05, 0) is 6.07 Å². The van der Waals surface area contributed by atoms with Crippen LogP contribution in [-0.4, -0.2) is 10.8 Å². The maximum atomic E-state index is 12.2. The molecule has 0 bridgehead atoms. The highest BCUT2D eigenvalue weighted by Crippen LogP contribution is 2.31. The molecule has 0 atom stereocenters. The Kier molecular flexibility index (Phi) is 2.36. The Labute approximate surface area is 72.4 Å². The van der Waals surface area contributed by atoms with E-state index in [0.29, 0.717) is 6.07 Å². The number of carbonyl (C=O) groups is 1. The first-order valence-electron chi connectivity index (χ1n) is 3.24. The summed E-state index contributed by atoms with van der Waals surface area (Å²) in [6.07, 6.45) is -2.83. The van der Waals surface area contributed by atoms with Crippen molar-refractivity contribution in [2.45, 2.75) is 6.18 Å². The number of carbonyl (C=O) groups excluding carboxylic acids is 1. The average molecular weight is 187 g/mol. The van der Waals surface area contributed by atoms with Crippen molar-refractivity contribution in [1.82, 2.24) is 4.98 Å². The summed E-state index contributed by atoms with van der Waals surface area (Å²) in [5.74, 6) is -1.14. The van der Waals surface area contributed by atoms with E-state index >= 15 is 0 Å². The van der Waals surface area contributed by atoms with Gasteiger partial charge in [0.05, 0.1) is 5.56 Å². The smallest absolute Gasteiger partial charge is 0.294 e. The zero-order chi connectivity index (χ0) is 10.1. The highest BCUT2D eigenvalue weighted by atomic mass is 19.4. The molecule has 68 valence electrons. The predicted octanol–water partition coefficient (Wildman–Crippen LogP) is 1.99. The van der Waals surface area contributed by atoms with Gasteiger partial charge in [0, 0.05) is 24.9 Å². The summed E-state index contributed by atoms with van der Waals surface area (Å²) in [6, 6.07) is 0.708. The Morgan fingerprint density at radius 3 is 2.46 bits per heavy atom. The molecule has 0 spiro atoms. The summed E-state index contributed by atoms with van der Waals surface area (Å²) in [5.41, 5.74) is -1.68. The van der Waals surface area contributed by atoms with Crippen molar-refractivity contribution < 1.29 is 18.0 Å². The molecule has 0 aliphatic rings. The fourth-order valence-corrected chi connectivity index (χ4v) is 0.838. The first kappa shape index (κ1) is 9.70. The van der Waals surface area contributed by atoms with Gasteiger partial charge in [0.2, 0.25) is 0 Å². The minimum atomic E-state index is -4.58. The van der Waals surface area contributed by atoms with Gasteiger partial charge in [-0.2, -0.15) is 13.2 Å². The van der Waals surface area contributed by atoms with Crippen molar-refractivity contribution in [1.29, 1.82) is 0 Å². The summed E-state index contributed by atoms with van der Waals surface area (Å²) < 4.78 is 36.5. The first-order chi connectivity index (χ1) is 5.93. The minimum absolute atomic E-state index is 0.616. The van der Waals surface area contributed by atoms with Crippen molar-refractivity contribution in [3.63, 3.8) is 0 Å². The molecule has 0 fully saturated rings. The van der Waals surface area contributed by atoms with E-state index in [4.69, 9.17) is 6.92 Å². The van der Waals surface area contributed by atoms with E-state index < -0.39 is 23.1 Å². The molecule has 1 heterocycles. The van der Waals surface area contributed by atoms with Gasteiger partial charge in [0.15, 0.2) is 5.78 Å². The van der Waals surface area contributed by atoms with Gasteiger partial charge < -0.3 is 0 Å². The van der Waals surface area contributed by atoms with Gasteiger partial charge in [0.25, 0.3) is 0 Å². The third-order valence-electron chi connectivity index (χ3n) is 1.39. The van der Waals surface area contributed by atoms with Crippen molar-refractivity contribution >= 4 is 5.78 Å². The van der Waals surface area contributed by atoms with E-state index in [2.05, 4.69) is 4.98 Å². The molecule has 0 aliphatic carbocycles. The lowest BCUT2D eigenvalue weighted by molar-refractivity contribution is -0.137. The molecule has 0 N–H and O–H groups in total. The number of rotatable bonds is 1. The van der Waals surface area contributed by atoms with Crippen molar-refractivity contribution in [2.75, 3.05) is 0 Å². The maximum Gasteiger partial charge on any atom is 0.417 e. The lowest BCUT2D eigenvalue weighted by Crippen LogP contribution is -2.11. The molecule has 0 aliphatic heterocycles. The standard InChI is InChI=1S/C8H4F3NO/c1-5(13)6-4-12-3-2-7(6)8(9,10)11/h1-4H. The molecule has 0 amide bonds. The molecule has 0 aromatic carbocycles. The van der Waals surface area contributed by atoms with Crippen LogP contribution in [0.5, 0.6) is 0 Å². The van der Waals surface area contributed by atoms with Crippen LogP contribution in [0.1, 0.15) is 15.9 Å². The van der Waals surface area contributed by atoms with Crippen LogP contribution in [0, 0.1) is 6.92 Å². The van der Waals surface area contributed by atoms with Crippen LogP contribution in [0.15, 0.2) is 18.5 Å². The molecule has 2 nitrogen and oxygen atoms in total. The maximum absolute atomic E-state index is 12.2. The van der Waals surface area contributed by atoms with E-state index in [1.165, 1.54) is 0 Å². The number of Topliss-reactive ketones (excluding diaryl/α,β-unsaturated/α-hetero) is 1. The van der Waals surface area contributed by atoms with Crippen LogP contribution in [-0.2, 0) is 6.18 Å². The summed E-state index contributed by atoms with van der Waals surface area (Å²) in [7, 11) is 0. The van der Waals surface area contributed by atoms with Gasteiger partial charge in [-0.1, -0.05) is 0 Å². The Hall–Kier alpha value is -1.39. The summed E-state index contributed by atoms with van der Waals surface area (Å²) >= 11 is 0. The summed E-state index contributed by atoms with van der Waals surface area (Å²) in [5, 5.41) is 0. The topological polar surface area (TPSA) is 30.0 Å². The summed E-state index contributed by atoms with van der Waals surface area (Å²) in [4.78, 5) is 13.9. The zero-order valence-electron chi connectivity index (χ0n) is 6.30. The van der Waals surface area contributed by atoms with Crippen molar-refractivity contribution in [2.24, 2.45) is 0 Å². The normalized spacial score (nSPS) is 11.4. The van der Waals surface area contributed by atoms with Crippen LogP contribution in [0.2, 0.25) is 0 Å². The zero-order valence-corrected chi connectivity index (χ0v) is 6.30. The Morgan fingerprint density at radius 1 is 1.46 bits per heavy atom. The highest BCUT2D eigenvalue weighted by molar-refractivity contribution is 6.00. The highest BCUT2D eigenvalue weighted by Gasteiger charge is 2.34. The van der Waals surface area contributed by atoms with Crippen LogP contribution >= 0.6 is 0 Å². The number of aromatic nitrogens is 1. The van der Waals surface area contributed by atoms with Crippen molar-refractivity contribution in [3.8, 4) is 0 Å². The van der Waals surface area contributed by atoms with Crippen molar-refractivity contribution in [3.05, 3.63) is 36.5 Å². The number of halogens is 3. The lowest BCUT2D eigenvalue weighted by atomic mass is 10.1. The van der Waals surface area contributed by atoms with Gasteiger partial charge in [-0.3, -0.25) is 9.78 Å². The van der Waals surface area contributed by atoms with E-state index in [0.717, 1.165) is 12.4 Å². The molecule has 1 rings (SSSR count). The van der Waals surface area contributed by atoms with E-state index in [1.807, 2.05) is 0 Å². The second kappa shape index (κ2) is 3.16. The van der Waals surface area contributed by atoms with Gasteiger partial charge in [0.1, 0.15) is 0 Å². The second-order valence-electron chi connectivity index (χ2n) is 2.28. The van der Waals surface area contributed by atoms with Crippen LogP contribution in [0.25, 0.3) is 0 Å². The Morgan fingerprint density at radius 2 is 2.08 bits per heavy atom. The molecular weight excluding hydrogens is 183 g/mol. The van der Waals surface area contributed by atoms with Crippen LogP contribution in [0.3, 0.4) is 0 Å².